The number of hydrogen-bond donors (Lipinski definition) is 1. The highest BCUT2D eigenvalue weighted by Crippen LogP contribution is 2.29. The molecular formula is C31H31BN6. The number of nitrogens with zero attached hydrogens (tertiary/aromatic N) is 5. The lowest BCUT2D eigenvalue weighted by Crippen LogP contribution is -2.32. The first kappa shape index (κ1) is 24.4. The number of likely N-dealkylation sites (tertiary alicyclic amines) is 1. The van der Waals surface area contributed by atoms with Crippen molar-refractivity contribution >= 4 is 24.8 Å². The SMILES string of the molecule is [B]c1cnn2c(NCc3cccnc3)cc(C3CCN(Cc4ccc(Cc5ccccc5)cc4)CC3)nc12. The van der Waals surface area contributed by atoms with E-state index in [2.05, 4.69) is 87.0 Å². The van der Waals surface area contributed by atoms with Gasteiger partial charge in [-0.3, -0.25) is 9.88 Å². The van der Waals surface area contributed by atoms with Crippen LogP contribution in [0, 0.1) is 0 Å². The molecule has 6 nitrogen and oxygen atoms in total. The summed E-state index contributed by atoms with van der Waals surface area (Å²) in [5, 5.41) is 7.96. The van der Waals surface area contributed by atoms with Crippen LogP contribution < -0.4 is 10.8 Å². The van der Waals surface area contributed by atoms with E-state index in [0.717, 1.165) is 56.0 Å². The molecule has 0 saturated carbocycles. The van der Waals surface area contributed by atoms with Crippen molar-refractivity contribution in [3.8, 4) is 0 Å². The van der Waals surface area contributed by atoms with E-state index in [4.69, 9.17) is 12.8 Å². The van der Waals surface area contributed by atoms with Crippen molar-refractivity contribution in [1.82, 2.24) is 24.5 Å². The first-order valence-electron chi connectivity index (χ1n) is 13.3. The van der Waals surface area contributed by atoms with Crippen LogP contribution in [0.2, 0.25) is 0 Å². The predicted octanol–water partition coefficient (Wildman–Crippen LogP) is 4.50. The van der Waals surface area contributed by atoms with Gasteiger partial charge in [-0.15, -0.1) is 0 Å². The smallest absolute Gasteiger partial charge is 0.150 e. The average molecular weight is 498 g/mol. The Kier molecular flexibility index (Phi) is 7.18. The molecule has 188 valence electrons. The highest BCUT2D eigenvalue weighted by Gasteiger charge is 2.23. The molecule has 1 fully saturated rings. The molecule has 3 aromatic heterocycles. The summed E-state index contributed by atoms with van der Waals surface area (Å²) in [6.07, 6.45) is 8.46. The summed E-state index contributed by atoms with van der Waals surface area (Å²) >= 11 is 0. The van der Waals surface area contributed by atoms with Crippen LogP contribution in [0.3, 0.4) is 0 Å². The molecule has 1 saturated heterocycles. The second-order valence-corrected chi connectivity index (χ2v) is 10.1. The van der Waals surface area contributed by atoms with Crippen LogP contribution in [0.15, 0.2) is 91.4 Å². The van der Waals surface area contributed by atoms with Crippen LogP contribution in [0.4, 0.5) is 5.82 Å². The Morgan fingerprint density at radius 2 is 1.58 bits per heavy atom. The third-order valence-corrected chi connectivity index (χ3v) is 7.40. The Balaban J connectivity index is 1.09. The number of nitrogens with one attached hydrogen (secondary N) is 1. The fraction of sp³-hybridized carbons (Fsp3) is 0.258. The van der Waals surface area contributed by atoms with Crippen LogP contribution in [-0.2, 0) is 19.5 Å². The van der Waals surface area contributed by atoms with Gasteiger partial charge in [0.05, 0.1) is 0 Å². The lowest BCUT2D eigenvalue weighted by molar-refractivity contribution is 0.203. The van der Waals surface area contributed by atoms with Gasteiger partial charge in [0.25, 0.3) is 0 Å². The van der Waals surface area contributed by atoms with E-state index >= 15 is 0 Å². The Bertz CT molecular complexity index is 1480. The Morgan fingerprint density at radius 1 is 0.842 bits per heavy atom. The number of benzene rings is 2. The van der Waals surface area contributed by atoms with Gasteiger partial charge in [-0.05, 0) is 66.1 Å². The molecule has 0 unspecified atom stereocenters. The average Bonchev–Trinajstić information content (AvgIpc) is 3.35. The van der Waals surface area contributed by atoms with Crippen molar-refractivity contribution in [2.45, 2.75) is 38.3 Å². The number of pyridine rings is 1. The molecule has 0 spiro atoms. The summed E-state index contributed by atoms with van der Waals surface area (Å²) in [7, 11) is 6.22. The highest BCUT2D eigenvalue weighted by molar-refractivity contribution is 6.36. The fourth-order valence-electron chi connectivity index (χ4n) is 5.27. The minimum absolute atomic E-state index is 0.401. The number of anilines is 1. The van der Waals surface area contributed by atoms with E-state index < -0.39 is 0 Å². The quantitative estimate of drug-likeness (QED) is 0.320. The number of aromatic nitrogens is 4. The van der Waals surface area contributed by atoms with Gasteiger partial charge in [-0.1, -0.05) is 60.7 Å². The summed E-state index contributed by atoms with van der Waals surface area (Å²) < 4.78 is 1.80. The summed E-state index contributed by atoms with van der Waals surface area (Å²) in [4.78, 5) is 11.7. The van der Waals surface area contributed by atoms with Crippen molar-refractivity contribution in [3.05, 3.63) is 119 Å². The molecule has 2 radical (unpaired) electrons. The Morgan fingerprint density at radius 3 is 2.34 bits per heavy atom. The van der Waals surface area contributed by atoms with E-state index in [1.165, 1.54) is 16.7 Å². The maximum absolute atomic E-state index is 6.22. The molecule has 0 aliphatic carbocycles. The summed E-state index contributed by atoms with van der Waals surface area (Å²) in [6, 6.07) is 25.9. The second-order valence-electron chi connectivity index (χ2n) is 10.1. The van der Waals surface area contributed by atoms with Crippen molar-refractivity contribution in [2.75, 3.05) is 18.4 Å². The van der Waals surface area contributed by atoms with Crippen LogP contribution in [0.1, 0.15) is 46.7 Å². The lowest BCUT2D eigenvalue weighted by atomic mass is 9.92. The third kappa shape index (κ3) is 5.63. The van der Waals surface area contributed by atoms with Gasteiger partial charge in [-0.25, -0.2) is 4.98 Å². The first-order chi connectivity index (χ1) is 18.7. The van der Waals surface area contributed by atoms with E-state index in [-0.39, 0.29) is 0 Å². The van der Waals surface area contributed by atoms with E-state index in [0.29, 0.717) is 23.6 Å². The number of hydrogen-bond acceptors (Lipinski definition) is 5. The topological polar surface area (TPSA) is 58.4 Å². The summed E-state index contributed by atoms with van der Waals surface area (Å²) in [5.41, 5.74) is 7.59. The molecule has 4 heterocycles. The standard InChI is InChI=1S/C31H31BN6/c32-28-21-35-38-30(34-20-26-7-4-14-33-19-26)18-29(36-31(28)38)27-12-15-37(16-13-27)22-25-10-8-24(9-11-25)17-23-5-2-1-3-6-23/h1-11,14,18-19,21,27,34H,12-13,15-17,20,22H2. The van der Waals surface area contributed by atoms with Gasteiger partial charge in [0, 0.05) is 49.4 Å². The summed E-state index contributed by atoms with van der Waals surface area (Å²) in [6.45, 7) is 3.75. The van der Waals surface area contributed by atoms with Crippen molar-refractivity contribution in [2.24, 2.45) is 0 Å². The monoisotopic (exact) mass is 498 g/mol. The lowest BCUT2D eigenvalue weighted by Gasteiger charge is -2.32. The van der Waals surface area contributed by atoms with Gasteiger partial charge in [0.1, 0.15) is 19.3 Å². The molecule has 0 amide bonds. The number of fused-ring (bicyclic) bond motifs is 1. The van der Waals surface area contributed by atoms with Gasteiger partial charge >= 0.3 is 0 Å². The van der Waals surface area contributed by atoms with E-state index in [9.17, 15) is 0 Å². The zero-order valence-corrected chi connectivity index (χ0v) is 21.5. The summed E-state index contributed by atoms with van der Waals surface area (Å²) in [5.74, 6) is 1.31. The fourth-order valence-corrected chi connectivity index (χ4v) is 5.27. The molecule has 1 aliphatic heterocycles. The van der Waals surface area contributed by atoms with Crippen molar-refractivity contribution in [1.29, 1.82) is 0 Å². The predicted molar refractivity (Wildman–Crippen MR) is 153 cm³/mol. The molecule has 5 aromatic rings. The third-order valence-electron chi connectivity index (χ3n) is 7.40. The normalized spacial score (nSPS) is 14.6. The van der Waals surface area contributed by atoms with Crippen LogP contribution in [0.25, 0.3) is 5.65 Å². The van der Waals surface area contributed by atoms with Crippen molar-refractivity contribution in [3.63, 3.8) is 0 Å². The van der Waals surface area contributed by atoms with Crippen LogP contribution in [-0.4, -0.2) is 45.4 Å². The van der Waals surface area contributed by atoms with Crippen LogP contribution >= 0.6 is 0 Å². The minimum atomic E-state index is 0.401. The first-order valence-corrected chi connectivity index (χ1v) is 13.3. The highest BCUT2D eigenvalue weighted by atomic mass is 15.3. The van der Waals surface area contributed by atoms with Gasteiger partial charge < -0.3 is 5.32 Å². The van der Waals surface area contributed by atoms with Gasteiger partial charge in [0.2, 0.25) is 0 Å². The molecule has 38 heavy (non-hydrogen) atoms. The maximum atomic E-state index is 6.22. The molecule has 7 heteroatoms. The zero-order chi connectivity index (χ0) is 25.7. The molecule has 1 aliphatic rings. The maximum Gasteiger partial charge on any atom is 0.150 e. The molecule has 1 N–H and O–H groups in total. The largest absolute Gasteiger partial charge is 0.366 e. The molecule has 0 bridgehead atoms. The van der Waals surface area contributed by atoms with Crippen LogP contribution in [0.5, 0.6) is 0 Å². The minimum Gasteiger partial charge on any atom is -0.366 e. The Labute approximate surface area is 225 Å². The molecular weight excluding hydrogens is 467 g/mol. The van der Waals surface area contributed by atoms with Gasteiger partial charge in [-0.2, -0.15) is 9.61 Å². The van der Waals surface area contributed by atoms with Gasteiger partial charge in [0.15, 0.2) is 0 Å². The molecule has 2 aromatic carbocycles. The molecule has 6 rings (SSSR count). The van der Waals surface area contributed by atoms with E-state index in [1.807, 2.05) is 12.3 Å². The zero-order valence-electron chi connectivity index (χ0n) is 21.5. The number of piperidine rings is 1. The second kappa shape index (κ2) is 11.2. The Hall–Kier alpha value is -3.97. The number of rotatable bonds is 8. The van der Waals surface area contributed by atoms with E-state index in [1.54, 1.807) is 16.9 Å². The van der Waals surface area contributed by atoms with Crippen molar-refractivity contribution < 1.29 is 0 Å². The molecule has 0 atom stereocenters.